The summed E-state index contributed by atoms with van der Waals surface area (Å²) in [6.07, 6.45) is 6.25. The summed E-state index contributed by atoms with van der Waals surface area (Å²) in [5.74, 6) is 0.744. The van der Waals surface area contributed by atoms with Crippen molar-refractivity contribution < 1.29 is 0 Å². The van der Waals surface area contributed by atoms with Crippen molar-refractivity contribution in [3.63, 3.8) is 0 Å². The Kier molecular flexibility index (Phi) is 4.22. The number of halogens is 1. The van der Waals surface area contributed by atoms with Gasteiger partial charge in [-0.3, -0.25) is 0 Å². The fourth-order valence-corrected chi connectivity index (χ4v) is 1.94. The van der Waals surface area contributed by atoms with Gasteiger partial charge in [-0.05, 0) is 6.26 Å². The van der Waals surface area contributed by atoms with E-state index in [-0.39, 0.29) is 0 Å². The molecule has 17 heavy (non-hydrogen) atoms. The van der Waals surface area contributed by atoms with E-state index in [0.29, 0.717) is 10.3 Å². The van der Waals surface area contributed by atoms with Gasteiger partial charge in [0.25, 0.3) is 0 Å². The normalized spacial score (nSPS) is 10.5. The fraction of sp³-hybridized carbons (Fsp3) is 0.300. The average molecular weight is 270 g/mol. The quantitative estimate of drug-likeness (QED) is 0.495. The van der Waals surface area contributed by atoms with Crippen molar-refractivity contribution in [2.45, 2.75) is 11.6 Å². The smallest absolute Gasteiger partial charge is 0.190 e. The number of anilines is 1. The zero-order chi connectivity index (χ0) is 12.1. The first kappa shape index (κ1) is 12.2. The van der Waals surface area contributed by atoms with E-state index in [9.17, 15) is 0 Å². The Morgan fingerprint density at radius 3 is 3.06 bits per heavy atom. The van der Waals surface area contributed by atoms with Crippen LogP contribution in [-0.4, -0.2) is 32.7 Å². The maximum atomic E-state index is 5.89. The largest absolute Gasteiger partial charge is 0.370 e. The van der Waals surface area contributed by atoms with Crippen LogP contribution in [0.1, 0.15) is 5.69 Å². The van der Waals surface area contributed by atoms with Crippen LogP contribution in [0.3, 0.4) is 0 Å². The zero-order valence-corrected chi connectivity index (χ0v) is 10.8. The summed E-state index contributed by atoms with van der Waals surface area (Å²) >= 11 is 7.35. The number of rotatable bonds is 5. The van der Waals surface area contributed by atoms with Crippen molar-refractivity contribution in [2.75, 3.05) is 18.1 Å². The summed E-state index contributed by atoms with van der Waals surface area (Å²) in [5.41, 5.74) is 1.09. The predicted octanol–water partition coefficient (Wildman–Crippen LogP) is 2.23. The van der Waals surface area contributed by atoms with Crippen molar-refractivity contribution in [2.24, 2.45) is 0 Å². The summed E-state index contributed by atoms with van der Waals surface area (Å²) in [5, 5.41) is 4.32. The van der Waals surface area contributed by atoms with Crippen LogP contribution in [0.5, 0.6) is 0 Å². The van der Waals surface area contributed by atoms with Gasteiger partial charge >= 0.3 is 0 Å². The molecule has 0 aliphatic heterocycles. The van der Waals surface area contributed by atoms with Gasteiger partial charge in [-0.1, -0.05) is 23.4 Å². The molecule has 0 fully saturated rings. The minimum atomic E-state index is 0.452. The van der Waals surface area contributed by atoms with E-state index < -0.39 is 0 Å². The Balaban J connectivity index is 1.92. The number of aromatic nitrogens is 4. The van der Waals surface area contributed by atoms with Crippen LogP contribution in [0.2, 0.25) is 5.15 Å². The molecule has 7 heteroatoms. The standard InChI is InChI=1S/C10H12ClN5S/c1-17-10-15-8(11)4-9(16-10)13-3-2-7-5-12-6-14-7/h4-6H,2-3H2,1H3,(H,12,14)(H,13,15,16). The number of H-pyrrole nitrogens is 1. The molecule has 0 bridgehead atoms. The Bertz CT molecular complexity index is 474. The molecule has 0 unspecified atom stereocenters. The van der Waals surface area contributed by atoms with Crippen molar-refractivity contribution in [3.8, 4) is 0 Å². The average Bonchev–Trinajstić information content (AvgIpc) is 2.81. The molecule has 0 atom stereocenters. The molecule has 0 amide bonds. The van der Waals surface area contributed by atoms with Gasteiger partial charge in [0.05, 0.1) is 6.33 Å². The molecule has 0 aromatic carbocycles. The minimum Gasteiger partial charge on any atom is -0.370 e. The van der Waals surface area contributed by atoms with E-state index in [1.807, 2.05) is 12.5 Å². The second kappa shape index (κ2) is 5.88. The second-order valence-corrected chi connectivity index (χ2v) is 4.48. The first-order chi connectivity index (χ1) is 8.28. The molecule has 0 aliphatic carbocycles. The monoisotopic (exact) mass is 269 g/mol. The van der Waals surface area contributed by atoms with Crippen LogP contribution < -0.4 is 5.32 Å². The summed E-state index contributed by atoms with van der Waals surface area (Å²) in [6, 6.07) is 1.72. The SMILES string of the molecule is CSc1nc(Cl)cc(NCCc2cnc[nH]2)n1. The van der Waals surface area contributed by atoms with Crippen molar-refractivity contribution in [3.05, 3.63) is 29.4 Å². The van der Waals surface area contributed by atoms with Crippen molar-refractivity contribution >= 4 is 29.2 Å². The lowest BCUT2D eigenvalue weighted by molar-refractivity contribution is 0.928. The first-order valence-corrected chi connectivity index (χ1v) is 6.68. The summed E-state index contributed by atoms with van der Waals surface area (Å²) in [7, 11) is 0. The minimum absolute atomic E-state index is 0.452. The number of hydrogen-bond acceptors (Lipinski definition) is 5. The molecule has 2 aromatic heterocycles. The molecule has 2 heterocycles. The molecule has 0 spiro atoms. The summed E-state index contributed by atoms with van der Waals surface area (Å²) < 4.78 is 0. The molecule has 0 saturated carbocycles. The molecule has 90 valence electrons. The van der Waals surface area contributed by atoms with E-state index in [1.54, 1.807) is 12.4 Å². The molecule has 0 aliphatic rings. The molecule has 0 radical (unpaired) electrons. The van der Waals surface area contributed by atoms with E-state index in [1.165, 1.54) is 11.8 Å². The summed E-state index contributed by atoms with van der Waals surface area (Å²) in [4.78, 5) is 15.4. The molecule has 2 aromatic rings. The van der Waals surface area contributed by atoms with Crippen LogP contribution >= 0.6 is 23.4 Å². The fourth-order valence-electron chi connectivity index (χ4n) is 1.33. The zero-order valence-electron chi connectivity index (χ0n) is 9.27. The Hall–Kier alpha value is -1.27. The second-order valence-electron chi connectivity index (χ2n) is 3.32. The van der Waals surface area contributed by atoms with Gasteiger partial charge in [-0.15, -0.1) is 0 Å². The molecular weight excluding hydrogens is 258 g/mol. The van der Waals surface area contributed by atoms with Gasteiger partial charge in [-0.2, -0.15) is 0 Å². The molecular formula is C10H12ClN5S. The van der Waals surface area contributed by atoms with Gasteiger partial charge in [0.2, 0.25) is 0 Å². The molecule has 2 rings (SSSR count). The Morgan fingerprint density at radius 1 is 1.47 bits per heavy atom. The first-order valence-electron chi connectivity index (χ1n) is 5.07. The lowest BCUT2D eigenvalue weighted by Gasteiger charge is -2.06. The lowest BCUT2D eigenvalue weighted by atomic mass is 10.3. The maximum Gasteiger partial charge on any atom is 0.190 e. The van der Waals surface area contributed by atoms with Crippen LogP contribution in [-0.2, 0) is 6.42 Å². The van der Waals surface area contributed by atoms with Crippen LogP contribution in [0.4, 0.5) is 5.82 Å². The summed E-state index contributed by atoms with van der Waals surface area (Å²) in [6.45, 7) is 0.767. The van der Waals surface area contributed by atoms with Crippen LogP contribution in [0, 0.1) is 0 Å². The number of hydrogen-bond donors (Lipinski definition) is 2. The van der Waals surface area contributed by atoms with E-state index in [0.717, 1.165) is 24.5 Å². The van der Waals surface area contributed by atoms with Crippen LogP contribution in [0.15, 0.2) is 23.7 Å². The van der Waals surface area contributed by atoms with Crippen molar-refractivity contribution in [1.29, 1.82) is 0 Å². The van der Waals surface area contributed by atoms with Gasteiger partial charge in [0, 0.05) is 30.9 Å². The highest BCUT2D eigenvalue weighted by molar-refractivity contribution is 7.98. The number of thioether (sulfide) groups is 1. The number of aromatic amines is 1. The predicted molar refractivity (Wildman–Crippen MR) is 69.6 cm³/mol. The Morgan fingerprint density at radius 2 is 2.35 bits per heavy atom. The third-order valence-corrected chi connectivity index (χ3v) is 2.85. The Labute approximate surface area is 108 Å². The molecule has 2 N–H and O–H groups in total. The molecule has 5 nitrogen and oxygen atoms in total. The van der Waals surface area contributed by atoms with E-state index in [2.05, 4.69) is 25.3 Å². The van der Waals surface area contributed by atoms with Gasteiger partial charge in [-0.25, -0.2) is 15.0 Å². The van der Waals surface area contributed by atoms with Gasteiger partial charge in [0.1, 0.15) is 11.0 Å². The lowest BCUT2D eigenvalue weighted by Crippen LogP contribution is -2.07. The third-order valence-electron chi connectivity index (χ3n) is 2.11. The highest BCUT2D eigenvalue weighted by Gasteiger charge is 2.02. The highest BCUT2D eigenvalue weighted by Crippen LogP contribution is 2.16. The molecule has 0 saturated heterocycles. The number of nitrogens with one attached hydrogen (secondary N) is 2. The number of imidazole rings is 1. The van der Waals surface area contributed by atoms with Crippen LogP contribution in [0.25, 0.3) is 0 Å². The topological polar surface area (TPSA) is 66.5 Å². The van der Waals surface area contributed by atoms with Crippen molar-refractivity contribution in [1.82, 2.24) is 19.9 Å². The number of nitrogens with zero attached hydrogens (tertiary/aromatic N) is 3. The van der Waals surface area contributed by atoms with E-state index in [4.69, 9.17) is 11.6 Å². The van der Waals surface area contributed by atoms with Gasteiger partial charge < -0.3 is 10.3 Å². The van der Waals surface area contributed by atoms with E-state index >= 15 is 0 Å². The van der Waals surface area contributed by atoms with Gasteiger partial charge in [0.15, 0.2) is 5.16 Å². The maximum absolute atomic E-state index is 5.89. The third kappa shape index (κ3) is 3.61. The highest BCUT2D eigenvalue weighted by atomic mass is 35.5.